The van der Waals surface area contributed by atoms with Crippen molar-refractivity contribution in [3.8, 4) is 89.5 Å². The highest BCUT2D eigenvalue weighted by Gasteiger charge is 2.20. The average Bonchev–Trinajstić information content (AvgIpc) is 1.55. The van der Waals surface area contributed by atoms with Gasteiger partial charge in [0.25, 0.3) is 0 Å². The maximum absolute atomic E-state index is 2.42. The molecular weight excluding hydrogens is 1210 g/mol. The SMILES string of the molecule is c1ccc(-c2cccc(-c3cccc(-n4c5ccccc5c5cc(-c6ccc7c(c6)c6ccccc6n7-c6ccccc6)ccc54)c3)c2)cc1.c1ccc(-c2ccccc2-c2cccc(-n3c4ccccc4c4cc(-c5ccc6c(c5)c5ccccc5n6-c5ccccc5)ccc43)c2)cc1. The van der Waals surface area contributed by atoms with E-state index < -0.39 is 0 Å². The van der Waals surface area contributed by atoms with E-state index in [0.717, 1.165) is 11.4 Å². The quantitative estimate of drug-likeness (QED) is 0.130. The zero-order valence-electron chi connectivity index (χ0n) is 54.7. The molecule has 0 aliphatic rings. The zero-order valence-corrected chi connectivity index (χ0v) is 54.7. The monoisotopic (exact) mass is 1270 g/mol. The molecule has 16 aromatic carbocycles. The summed E-state index contributed by atoms with van der Waals surface area (Å²) < 4.78 is 9.57. The second-order valence-electron chi connectivity index (χ2n) is 26.0. The van der Waals surface area contributed by atoms with Crippen LogP contribution in [0.3, 0.4) is 0 Å². The third-order valence-corrected chi connectivity index (χ3v) is 20.2. The summed E-state index contributed by atoms with van der Waals surface area (Å²) >= 11 is 0. The largest absolute Gasteiger partial charge is 0.309 e. The molecule has 4 aromatic heterocycles. The molecule has 20 aromatic rings. The van der Waals surface area contributed by atoms with Crippen molar-refractivity contribution in [1.29, 1.82) is 0 Å². The van der Waals surface area contributed by atoms with Crippen molar-refractivity contribution >= 4 is 87.2 Å². The molecular formula is C96H64N4. The molecule has 0 amide bonds. The van der Waals surface area contributed by atoms with Crippen LogP contribution in [0.15, 0.2) is 388 Å². The highest BCUT2D eigenvalue weighted by molar-refractivity contribution is 6.15. The summed E-state index contributed by atoms with van der Waals surface area (Å²) in [6.45, 7) is 0. The van der Waals surface area contributed by atoms with E-state index in [1.165, 1.54) is 165 Å². The Bertz CT molecular complexity index is 6510. The average molecular weight is 1270 g/mol. The summed E-state index contributed by atoms with van der Waals surface area (Å²) in [5.41, 5.74) is 28.9. The van der Waals surface area contributed by atoms with Crippen molar-refractivity contribution in [2.45, 2.75) is 0 Å². The van der Waals surface area contributed by atoms with Gasteiger partial charge < -0.3 is 18.3 Å². The van der Waals surface area contributed by atoms with Crippen LogP contribution in [0, 0.1) is 0 Å². The van der Waals surface area contributed by atoms with E-state index in [-0.39, 0.29) is 0 Å². The molecule has 0 spiro atoms. The van der Waals surface area contributed by atoms with E-state index in [1.54, 1.807) is 0 Å². The number of hydrogen-bond acceptors (Lipinski definition) is 0. The molecule has 4 nitrogen and oxygen atoms in total. The fourth-order valence-corrected chi connectivity index (χ4v) is 15.6. The molecule has 4 heterocycles. The van der Waals surface area contributed by atoms with Gasteiger partial charge in [-0.3, -0.25) is 0 Å². The number of aromatic nitrogens is 4. The molecule has 0 atom stereocenters. The molecule has 468 valence electrons. The van der Waals surface area contributed by atoms with Gasteiger partial charge in [-0.15, -0.1) is 0 Å². The fraction of sp³-hybridized carbons (Fsp3) is 0. The number of hydrogen-bond donors (Lipinski definition) is 0. The van der Waals surface area contributed by atoms with E-state index in [1.807, 2.05) is 0 Å². The summed E-state index contributed by atoms with van der Waals surface area (Å²) in [7, 11) is 0. The molecule has 100 heavy (non-hydrogen) atoms. The summed E-state index contributed by atoms with van der Waals surface area (Å²) in [5, 5.41) is 10.1. The second-order valence-corrected chi connectivity index (χ2v) is 26.0. The van der Waals surface area contributed by atoms with Crippen molar-refractivity contribution in [2.75, 3.05) is 0 Å². The Morgan fingerprint density at radius 2 is 0.360 bits per heavy atom. The van der Waals surface area contributed by atoms with Crippen LogP contribution in [-0.2, 0) is 0 Å². The Hall–Kier alpha value is -13.3. The van der Waals surface area contributed by atoms with E-state index in [4.69, 9.17) is 0 Å². The first-order valence-corrected chi connectivity index (χ1v) is 34.4. The highest BCUT2D eigenvalue weighted by atomic mass is 15.0. The maximum atomic E-state index is 2.42. The molecule has 4 heteroatoms. The Morgan fingerprint density at radius 1 is 0.120 bits per heavy atom. The fourth-order valence-electron chi connectivity index (χ4n) is 15.6. The topological polar surface area (TPSA) is 19.7 Å². The number of para-hydroxylation sites is 6. The Balaban J connectivity index is 0.000000139. The minimum Gasteiger partial charge on any atom is -0.309 e. The minimum absolute atomic E-state index is 1.15. The lowest BCUT2D eigenvalue weighted by atomic mass is 9.94. The molecule has 0 unspecified atom stereocenters. The first kappa shape index (κ1) is 58.1. The molecule has 0 fully saturated rings. The minimum atomic E-state index is 1.15. The van der Waals surface area contributed by atoms with Crippen molar-refractivity contribution in [1.82, 2.24) is 18.3 Å². The molecule has 0 radical (unpaired) electrons. The van der Waals surface area contributed by atoms with Crippen molar-refractivity contribution in [3.63, 3.8) is 0 Å². The van der Waals surface area contributed by atoms with Crippen molar-refractivity contribution in [2.24, 2.45) is 0 Å². The van der Waals surface area contributed by atoms with Gasteiger partial charge in [0.1, 0.15) is 0 Å². The lowest BCUT2D eigenvalue weighted by Crippen LogP contribution is -1.95. The summed E-state index contributed by atoms with van der Waals surface area (Å²) in [6, 6.07) is 141. The predicted molar refractivity (Wildman–Crippen MR) is 423 cm³/mol. The number of rotatable bonds is 10. The van der Waals surface area contributed by atoms with Gasteiger partial charge in [-0.2, -0.15) is 0 Å². The second kappa shape index (κ2) is 24.4. The van der Waals surface area contributed by atoms with Crippen molar-refractivity contribution < 1.29 is 0 Å². The lowest BCUT2D eigenvalue weighted by molar-refractivity contribution is 1.18. The first-order valence-electron chi connectivity index (χ1n) is 34.4. The van der Waals surface area contributed by atoms with Crippen LogP contribution in [0.4, 0.5) is 0 Å². The van der Waals surface area contributed by atoms with E-state index in [2.05, 4.69) is 407 Å². The van der Waals surface area contributed by atoms with Gasteiger partial charge in [0.2, 0.25) is 0 Å². The van der Waals surface area contributed by atoms with Gasteiger partial charge in [-0.25, -0.2) is 0 Å². The van der Waals surface area contributed by atoms with Crippen LogP contribution in [0.2, 0.25) is 0 Å². The Labute approximate surface area is 579 Å². The van der Waals surface area contributed by atoms with Gasteiger partial charge in [-0.05, 0) is 194 Å². The number of fused-ring (bicyclic) bond motifs is 12. The molecule has 0 saturated carbocycles. The molecule has 0 saturated heterocycles. The molecule has 0 aliphatic heterocycles. The van der Waals surface area contributed by atoms with Gasteiger partial charge in [0.15, 0.2) is 0 Å². The third-order valence-electron chi connectivity index (χ3n) is 20.2. The summed E-state index contributed by atoms with van der Waals surface area (Å²) in [4.78, 5) is 0. The molecule has 0 N–H and O–H groups in total. The molecule has 0 bridgehead atoms. The van der Waals surface area contributed by atoms with Crippen LogP contribution >= 0.6 is 0 Å². The lowest BCUT2D eigenvalue weighted by Gasteiger charge is -2.13. The summed E-state index contributed by atoms with van der Waals surface area (Å²) in [5.74, 6) is 0. The summed E-state index contributed by atoms with van der Waals surface area (Å²) in [6.07, 6.45) is 0. The van der Waals surface area contributed by atoms with Crippen LogP contribution in [0.25, 0.3) is 177 Å². The smallest absolute Gasteiger partial charge is 0.0541 e. The Kier molecular flexibility index (Phi) is 14.2. The normalized spacial score (nSPS) is 11.6. The van der Waals surface area contributed by atoms with Gasteiger partial charge >= 0.3 is 0 Å². The van der Waals surface area contributed by atoms with E-state index in [0.29, 0.717) is 0 Å². The standard InChI is InChI=1S/2C48H32N2/c1-3-13-33(14-4-1)34-15-11-16-35(29-34)36-17-12-20-40(30-36)50-46-24-10-8-22-42(46)44-32-38(26-28-48(44)50)37-25-27-47-43(31-37)41-21-7-9-23-45(41)49(47)39-18-5-2-6-19-39;1-3-14-33(15-4-1)39-20-7-8-21-40(39)36-16-13-19-38(30-36)50-46-25-12-10-23-42(46)44-32-35(27-29-48(44)50)34-26-28-47-43(31-34)41-22-9-11-24-45(41)49(47)37-17-5-2-6-18-37/h2*1-32H. The number of nitrogens with zero attached hydrogens (tertiary/aromatic N) is 4. The van der Waals surface area contributed by atoms with Gasteiger partial charge in [0, 0.05) is 65.8 Å². The number of benzene rings is 16. The van der Waals surface area contributed by atoms with Crippen LogP contribution < -0.4 is 0 Å². The van der Waals surface area contributed by atoms with E-state index in [9.17, 15) is 0 Å². The van der Waals surface area contributed by atoms with Crippen LogP contribution in [-0.4, -0.2) is 18.3 Å². The zero-order chi connectivity index (χ0) is 66.0. The van der Waals surface area contributed by atoms with Crippen LogP contribution in [0.5, 0.6) is 0 Å². The third kappa shape index (κ3) is 10.00. The maximum Gasteiger partial charge on any atom is 0.0541 e. The predicted octanol–water partition coefficient (Wildman–Crippen LogP) is 25.8. The van der Waals surface area contributed by atoms with E-state index >= 15 is 0 Å². The highest BCUT2D eigenvalue weighted by Crippen LogP contribution is 2.43. The Morgan fingerprint density at radius 3 is 0.760 bits per heavy atom. The van der Waals surface area contributed by atoms with Gasteiger partial charge in [-0.1, -0.05) is 261 Å². The first-order chi connectivity index (χ1) is 49.6. The molecule has 20 rings (SSSR count). The van der Waals surface area contributed by atoms with Gasteiger partial charge in [0.05, 0.1) is 44.1 Å². The van der Waals surface area contributed by atoms with Crippen molar-refractivity contribution in [3.05, 3.63) is 388 Å². The van der Waals surface area contributed by atoms with Crippen LogP contribution in [0.1, 0.15) is 0 Å². The molecule has 0 aliphatic carbocycles.